The molecule has 0 heterocycles. The van der Waals surface area contributed by atoms with Crippen LogP contribution in [0.3, 0.4) is 0 Å². The molecule has 0 radical (unpaired) electrons. The lowest BCUT2D eigenvalue weighted by Gasteiger charge is -2.12. The zero-order valence-corrected chi connectivity index (χ0v) is 10.4. The Hall–Kier alpha value is -1.18. The van der Waals surface area contributed by atoms with E-state index in [9.17, 15) is 18.0 Å². The molecule has 0 rings (SSSR count). The molecule has 0 atom stereocenters. The number of esters is 1. The highest BCUT2D eigenvalue weighted by Crippen LogP contribution is 2.17. The predicted molar refractivity (Wildman–Crippen MR) is 62.8 cm³/mol. The average Bonchev–Trinajstić information content (AvgIpc) is 2.32. The molecule has 0 aliphatic rings. The van der Waals surface area contributed by atoms with E-state index in [-0.39, 0.29) is 6.42 Å². The van der Waals surface area contributed by atoms with Crippen LogP contribution in [0.4, 0.5) is 13.2 Å². The topological polar surface area (TPSA) is 26.3 Å². The van der Waals surface area contributed by atoms with Crippen LogP contribution in [0.5, 0.6) is 0 Å². The van der Waals surface area contributed by atoms with Gasteiger partial charge in [-0.15, -0.1) is 12.3 Å². The summed E-state index contributed by atoms with van der Waals surface area (Å²) in [5.41, 5.74) is 0. The molecule has 0 bridgehead atoms. The molecule has 0 saturated heterocycles. The van der Waals surface area contributed by atoms with Crippen molar-refractivity contribution in [2.45, 2.75) is 57.5 Å². The van der Waals surface area contributed by atoms with Gasteiger partial charge in [0.1, 0.15) is 0 Å². The Bertz CT molecular complexity index is 272. The lowest BCUT2D eigenvalue weighted by Crippen LogP contribution is -2.27. The first-order chi connectivity index (χ1) is 8.52. The second-order valence-corrected chi connectivity index (χ2v) is 4.07. The Morgan fingerprint density at radius 2 is 1.67 bits per heavy atom. The summed E-state index contributed by atoms with van der Waals surface area (Å²) < 4.78 is 40.0. The van der Waals surface area contributed by atoms with Gasteiger partial charge >= 0.3 is 12.1 Å². The van der Waals surface area contributed by atoms with Crippen molar-refractivity contribution < 1.29 is 22.7 Å². The van der Waals surface area contributed by atoms with Crippen molar-refractivity contribution in [1.29, 1.82) is 0 Å². The van der Waals surface area contributed by atoms with E-state index in [4.69, 9.17) is 6.42 Å². The van der Waals surface area contributed by atoms with E-state index in [1.54, 1.807) is 0 Å². The Morgan fingerprint density at radius 1 is 1.11 bits per heavy atom. The summed E-state index contributed by atoms with van der Waals surface area (Å²) >= 11 is 0. The third-order valence-electron chi connectivity index (χ3n) is 2.37. The minimum atomic E-state index is -3.98. The first kappa shape index (κ1) is 16.8. The summed E-state index contributed by atoms with van der Waals surface area (Å²) in [6.07, 6.45) is 7.00. The van der Waals surface area contributed by atoms with E-state index < -0.39 is 18.8 Å². The van der Waals surface area contributed by atoms with E-state index in [0.29, 0.717) is 6.42 Å². The van der Waals surface area contributed by atoms with Crippen molar-refractivity contribution in [2.24, 2.45) is 0 Å². The summed E-state index contributed by atoms with van der Waals surface area (Å²) in [5, 5.41) is 0. The number of carbonyl (C=O) groups is 1. The van der Waals surface area contributed by atoms with Crippen LogP contribution < -0.4 is 0 Å². The van der Waals surface area contributed by atoms with Gasteiger partial charge in [-0.25, -0.2) is 4.39 Å². The van der Waals surface area contributed by atoms with Gasteiger partial charge in [0.25, 0.3) is 0 Å². The number of unbranched alkanes of at least 4 members (excludes halogenated alkanes) is 6. The second kappa shape index (κ2) is 9.81. The van der Waals surface area contributed by atoms with Gasteiger partial charge in [-0.2, -0.15) is 8.78 Å². The van der Waals surface area contributed by atoms with Crippen molar-refractivity contribution in [3.8, 4) is 12.3 Å². The molecule has 0 N–H and O–H groups in total. The highest BCUT2D eigenvalue weighted by molar-refractivity contribution is 5.69. The third-order valence-corrected chi connectivity index (χ3v) is 2.37. The molecule has 0 saturated carbocycles. The quantitative estimate of drug-likeness (QED) is 0.340. The van der Waals surface area contributed by atoms with Gasteiger partial charge in [-0.3, -0.25) is 4.79 Å². The molecule has 0 unspecified atom stereocenters. The molecule has 0 amide bonds. The van der Waals surface area contributed by atoms with Crippen LogP contribution in [0.15, 0.2) is 0 Å². The van der Waals surface area contributed by atoms with Crippen LogP contribution in [0.1, 0.15) is 51.4 Å². The number of carbonyl (C=O) groups excluding carboxylic acids is 1. The largest absolute Gasteiger partial charge is 0.429 e. The van der Waals surface area contributed by atoms with Gasteiger partial charge in [-0.05, 0) is 12.8 Å². The number of hydrogen-bond acceptors (Lipinski definition) is 2. The van der Waals surface area contributed by atoms with Gasteiger partial charge in [-0.1, -0.05) is 25.7 Å². The smallest absolute Gasteiger partial charge is 0.399 e. The number of halogens is 3. The van der Waals surface area contributed by atoms with Crippen molar-refractivity contribution in [2.75, 3.05) is 6.67 Å². The lowest BCUT2D eigenvalue weighted by atomic mass is 10.1. The maximum absolute atomic E-state index is 12.3. The second-order valence-electron chi connectivity index (χ2n) is 4.07. The minimum absolute atomic E-state index is 0.0973. The Balaban J connectivity index is 3.39. The summed E-state index contributed by atoms with van der Waals surface area (Å²) in [7, 11) is 0. The van der Waals surface area contributed by atoms with Gasteiger partial charge in [0.05, 0.1) is 0 Å². The molecular weight excluding hydrogens is 245 g/mol. The van der Waals surface area contributed by atoms with Gasteiger partial charge < -0.3 is 4.74 Å². The fraction of sp³-hybridized carbons (Fsp3) is 0.769. The van der Waals surface area contributed by atoms with E-state index in [1.165, 1.54) is 0 Å². The van der Waals surface area contributed by atoms with Crippen molar-refractivity contribution in [3.63, 3.8) is 0 Å². The average molecular weight is 264 g/mol. The fourth-order valence-electron chi connectivity index (χ4n) is 1.45. The van der Waals surface area contributed by atoms with Crippen LogP contribution in [-0.4, -0.2) is 18.8 Å². The van der Waals surface area contributed by atoms with Crippen LogP contribution in [0.2, 0.25) is 0 Å². The number of rotatable bonds is 10. The van der Waals surface area contributed by atoms with E-state index in [2.05, 4.69) is 10.7 Å². The molecule has 2 nitrogen and oxygen atoms in total. The molecule has 18 heavy (non-hydrogen) atoms. The molecule has 0 aromatic carbocycles. The molecule has 0 fully saturated rings. The maximum Gasteiger partial charge on any atom is 0.429 e. The van der Waals surface area contributed by atoms with Crippen molar-refractivity contribution >= 4 is 5.97 Å². The number of terminal acetylenes is 1. The SMILES string of the molecule is C#CCCCCCCCCC(=O)OC(F)(F)CF. The monoisotopic (exact) mass is 264 g/mol. The van der Waals surface area contributed by atoms with E-state index >= 15 is 0 Å². The van der Waals surface area contributed by atoms with Gasteiger partial charge in [0, 0.05) is 12.8 Å². The van der Waals surface area contributed by atoms with Crippen molar-refractivity contribution in [3.05, 3.63) is 0 Å². The Morgan fingerprint density at radius 3 is 2.22 bits per heavy atom. The first-order valence-corrected chi connectivity index (χ1v) is 6.11. The summed E-state index contributed by atoms with van der Waals surface area (Å²) in [6, 6.07) is 0. The summed E-state index contributed by atoms with van der Waals surface area (Å²) in [6.45, 7) is -1.98. The molecule has 0 spiro atoms. The fourth-order valence-corrected chi connectivity index (χ4v) is 1.45. The first-order valence-electron chi connectivity index (χ1n) is 6.11. The molecule has 0 aromatic rings. The normalized spacial score (nSPS) is 11.0. The number of alkyl halides is 3. The summed E-state index contributed by atoms with van der Waals surface area (Å²) in [4.78, 5) is 10.9. The highest BCUT2D eigenvalue weighted by Gasteiger charge is 2.33. The van der Waals surface area contributed by atoms with Crippen LogP contribution in [0.25, 0.3) is 0 Å². The zero-order valence-electron chi connectivity index (χ0n) is 10.4. The Kier molecular flexibility index (Phi) is 9.17. The zero-order chi connectivity index (χ0) is 13.9. The minimum Gasteiger partial charge on any atom is -0.399 e. The van der Waals surface area contributed by atoms with Crippen LogP contribution in [0, 0.1) is 12.3 Å². The number of ether oxygens (including phenoxy) is 1. The van der Waals surface area contributed by atoms with Crippen molar-refractivity contribution in [1.82, 2.24) is 0 Å². The van der Waals surface area contributed by atoms with E-state index in [0.717, 1.165) is 38.5 Å². The lowest BCUT2D eigenvalue weighted by molar-refractivity contribution is -0.238. The molecule has 0 aliphatic heterocycles. The van der Waals surface area contributed by atoms with E-state index in [1.807, 2.05) is 0 Å². The van der Waals surface area contributed by atoms with Crippen LogP contribution >= 0.6 is 0 Å². The molecule has 104 valence electrons. The maximum atomic E-state index is 12.3. The summed E-state index contributed by atoms with van der Waals surface area (Å²) in [5.74, 6) is 1.50. The molecular formula is C13H19F3O2. The molecule has 5 heteroatoms. The third kappa shape index (κ3) is 10.0. The number of hydrogen-bond donors (Lipinski definition) is 0. The standard InChI is InChI=1S/C13H19F3O2/c1-2-3-4-5-6-7-8-9-10-12(17)18-13(15,16)11-14/h1H,3-11H2. The predicted octanol–water partition coefficient (Wildman–Crippen LogP) is 3.85. The molecule has 0 aliphatic carbocycles. The molecule has 0 aromatic heterocycles. The Labute approximate surface area is 106 Å². The van der Waals surface area contributed by atoms with Gasteiger partial charge in [0.2, 0.25) is 0 Å². The van der Waals surface area contributed by atoms with Crippen LogP contribution in [-0.2, 0) is 9.53 Å². The van der Waals surface area contributed by atoms with Gasteiger partial charge in [0.15, 0.2) is 6.67 Å². The highest BCUT2D eigenvalue weighted by atomic mass is 19.3.